The molecule has 0 spiro atoms. The van der Waals surface area contributed by atoms with Crippen LogP contribution in [0.5, 0.6) is 0 Å². The van der Waals surface area contributed by atoms with E-state index >= 15 is 0 Å². The molecule has 0 bridgehead atoms. The Morgan fingerprint density at radius 1 is 1.31 bits per heavy atom. The first-order valence-corrected chi connectivity index (χ1v) is 9.77. The van der Waals surface area contributed by atoms with Gasteiger partial charge in [0.1, 0.15) is 0 Å². The van der Waals surface area contributed by atoms with Gasteiger partial charge in [-0.25, -0.2) is 0 Å². The van der Waals surface area contributed by atoms with Crippen LogP contribution in [-0.4, -0.2) is 84.0 Å². The molecule has 26 heavy (non-hydrogen) atoms. The van der Waals surface area contributed by atoms with E-state index in [1.165, 1.54) is 5.56 Å². The van der Waals surface area contributed by atoms with Gasteiger partial charge in [0.15, 0.2) is 0 Å². The first-order valence-electron chi connectivity index (χ1n) is 9.77. The zero-order valence-electron chi connectivity index (χ0n) is 16.6. The van der Waals surface area contributed by atoms with Crippen molar-refractivity contribution in [2.75, 3.05) is 40.3 Å². The maximum absolute atomic E-state index is 12.8. The number of likely N-dealkylation sites (tertiary alicyclic amines) is 2. The molecule has 0 unspecified atom stereocenters. The summed E-state index contributed by atoms with van der Waals surface area (Å²) >= 11 is 0. The van der Waals surface area contributed by atoms with Crippen molar-refractivity contribution in [1.82, 2.24) is 25.0 Å². The highest BCUT2D eigenvalue weighted by Crippen LogP contribution is 2.37. The minimum absolute atomic E-state index is 0.0234. The molecule has 2 saturated heterocycles. The lowest BCUT2D eigenvalue weighted by atomic mass is 10.0. The first kappa shape index (κ1) is 19.3. The topological polar surface area (TPSA) is 51.7 Å². The van der Waals surface area contributed by atoms with Crippen molar-refractivity contribution in [1.29, 1.82) is 0 Å². The maximum Gasteiger partial charge on any atom is 0.237 e. The third-order valence-electron chi connectivity index (χ3n) is 5.66. The standard InChI is InChI=1S/C20H33N5O/c1-15(2)25-18(20(26)22-9-10-23(3)4)11-17-13-24(14-19(17)25)12-16-5-7-21-8-6-16/h5-8,15,17-19H,9-14H2,1-4H3,(H,22,26)/t17-,18+,19+/m1/s1. The number of likely N-dealkylation sites (N-methyl/N-ethyl adjacent to an activating group) is 1. The molecule has 6 heteroatoms. The lowest BCUT2D eigenvalue weighted by Crippen LogP contribution is -2.51. The van der Waals surface area contributed by atoms with E-state index < -0.39 is 0 Å². The van der Waals surface area contributed by atoms with Gasteiger partial charge < -0.3 is 10.2 Å². The number of pyridine rings is 1. The zero-order valence-corrected chi connectivity index (χ0v) is 16.6. The molecule has 0 aromatic carbocycles. The predicted octanol–water partition coefficient (Wildman–Crippen LogP) is 1.04. The van der Waals surface area contributed by atoms with Crippen LogP contribution >= 0.6 is 0 Å². The molecule has 3 atom stereocenters. The molecule has 6 nitrogen and oxygen atoms in total. The van der Waals surface area contributed by atoms with E-state index in [2.05, 4.69) is 51.0 Å². The number of fused-ring (bicyclic) bond motifs is 1. The molecular formula is C20H33N5O. The minimum atomic E-state index is 0.0234. The smallest absolute Gasteiger partial charge is 0.237 e. The van der Waals surface area contributed by atoms with Crippen LogP contribution in [0.1, 0.15) is 25.8 Å². The van der Waals surface area contributed by atoms with Gasteiger partial charge >= 0.3 is 0 Å². The fraction of sp³-hybridized carbons (Fsp3) is 0.700. The van der Waals surface area contributed by atoms with Gasteiger partial charge in [-0.05, 0) is 58.0 Å². The van der Waals surface area contributed by atoms with Crippen LogP contribution in [0.2, 0.25) is 0 Å². The van der Waals surface area contributed by atoms with E-state index in [4.69, 9.17) is 0 Å². The summed E-state index contributed by atoms with van der Waals surface area (Å²) in [6.07, 6.45) is 4.70. The highest BCUT2D eigenvalue weighted by atomic mass is 16.2. The number of carbonyl (C=O) groups is 1. The van der Waals surface area contributed by atoms with E-state index in [0.29, 0.717) is 18.0 Å². The highest BCUT2D eigenvalue weighted by Gasteiger charge is 2.49. The van der Waals surface area contributed by atoms with Crippen LogP contribution in [0.3, 0.4) is 0 Å². The molecule has 3 rings (SSSR count). The van der Waals surface area contributed by atoms with Gasteiger partial charge in [-0.1, -0.05) is 0 Å². The first-order chi connectivity index (χ1) is 12.5. The van der Waals surface area contributed by atoms with Crippen molar-refractivity contribution >= 4 is 5.91 Å². The number of hydrogen-bond donors (Lipinski definition) is 1. The largest absolute Gasteiger partial charge is 0.353 e. The summed E-state index contributed by atoms with van der Waals surface area (Å²) in [4.78, 5) is 23.9. The van der Waals surface area contributed by atoms with E-state index in [9.17, 15) is 4.79 Å². The van der Waals surface area contributed by atoms with Crippen LogP contribution in [0.15, 0.2) is 24.5 Å². The molecule has 1 aromatic heterocycles. The van der Waals surface area contributed by atoms with E-state index in [-0.39, 0.29) is 11.9 Å². The molecule has 3 heterocycles. The third-order valence-corrected chi connectivity index (χ3v) is 5.66. The zero-order chi connectivity index (χ0) is 18.7. The third kappa shape index (κ3) is 4.42. The normalized spacial score (nSPS) is 26.6. The molecule has 2 aliphatic rings. The fourth-order valence-electron chi connectivity index (χ4n) is 4.53. The maximum atomic E-state index is 12.8. The molecule has 1 N–H and O–H groups in total. The number of rotatable bonds is 7. The Labute approximate surface area is 157 Å². The van der Waals surface area contributed by atoms with Gasteiger partial charge in [0.25, 0.3) is 0 Å². The quantitative estimate of drug-likeness (QED) is 0.788. The van der Waals surface area contributed by atoms with Gasteiger partial charge in [0.05, 0.1) is 6.04 Å². The van der Waals surface area contributed by atoms with Crippen LogP contribution in [0, 0.1) is 5.92 Å². The molecule has 144 valence electrons. The predicted molar refractivity (Wildman–Crippen MR) is 104 cm³/mol. The minimum Gasteiger partial charge on any atom is -0.353 e. The van der Waals surface area contributed by atoms with Crippen LogP contribution in [0.25, 0.3) is 0 Å². The molecule has 0 radical (unpaired) electrons. The fourth-order valence-corrected chi connectivity index (χ4v) is 4.53. The molecule has 0 saturated carbocycles. The molecule has 2 aliphatic heterocycles. The lowest BCUT2D eigenvalue weighted by molar-refractivity contribution is -0.126. The van der Waals surface area contributed by atoms with Gasteiger partial charge in [0, 0.05) is 57.2 Å². The van der Waals surface area contributed by atoms with Crippen molar-refractivity contribution in [3.8, 4) is 0 Å². The number of nitrogens with zero attached hydrogens (tertiary/aromatic N) is 4. The number of nitrogens with one attached hydrogen (secondary N) is 1. The molecule has 1 aromatic rings. The van der Waals surface area contributed by atoms with Gasteiger partial charge in [-0.2, -0.15) is 0 Å². The Morgan fingerprint density at radius 3 is 2.69 bits per heavy atom. The molecular weight excluding hydrogens is 326 g/mol. The molecule has 1 amide bonds. The summed E-state index contributed by atoms with van der Waals surface area (Å²) in [7, 11) is 4.06. The Morgan fingerprint density at radius 2 is 2.04 bits per heavy atom. The summed E-state index contributed by atoms with van der Waals surface area (Å²) in [5, 5.41) is 3.14. The Hall–Kier alpha value is -1.50. The van der Waals surface area contributed by atoms with Crippen LogP contribution in [0.4, 0.5) is 0 Å². The monoisotopic (exact) mass is 359 g/mol. The second kappa shape index (κ2) is 8.46. The van der Waals surface area contributed by atoms with E-state index in [1.807, 2.05) is 26.5 Å². The van der Waals surface area contributed by atoms with E-state index in [1.54, 1.807) is 0 Å². The number of carbonyl (C=O) groups excluding carboxylic acids is 1. The summed E-state index contributed by atoms with van der Waals surface area (Å²) in [6, 6.07) is 5.08. The van der Waals surface area contributed by atoms with Gasteiger partial charge in [0.2, 0.25) is 5.91 Å². The highest BCUT2D eigenvalue weighted by molar-refractivity contribution is 5.82. The average Bonchev–Trinajstić information content (AvgIpc) is 3.12. The molecule has 0 aliphatic carbocycles. The lowest BCUT2D eigenvalue weighted by Gasteiger charge is -2.33. The Kier molecular flexibility index (Phi) is 6.27. The molecule has 2 fully saturated rings. The van der Waals surface area contributed by atoms with Crippen molar-refractivity contribution in [3.05, 3.63) is 30.1 Å². The summed E-state index contributed by atoms with van der Waals surface area (Å²) in [5.41, 5.74) is 1.31. The summed E-state index contributed by atoms with van der Waals surface area (Å²) in [5.74, 6) is 0.791. The Bertz CT molecular complexity index is 591. The van der Waals surface area contributed by atoms with Gasteiger partial charge in [-0.3, -0.25) is 19.6 Å². The van der Waals surface area contributed by atoms with Crippen molar-refractivity contribution in [2.24, 2.45) is 5.92 Å². The number of hydrogen-bond acceptors (Lipinski definition) is 5. The second-order valence-electron chi connectivity index (χ2n) is 8.26. The number of amides is 1. The van der Waals surface area contributed by atoms with E-state index in [0.717, 1.165) is 39.1 Å². The number of aromatic nitrogens is 1. The summed E-state index contributed by atoms with van der Waals surface area (Å²) < 4.78 is 0. The SMILES string of the molecule is CC(C)N1[C@H](C(=O)NCCN(C)C)C[C@@H]2CN(Cc3ccncc3)C[C@@H]21. The van der Waals surface area contributed by atoms with Crippen molar-refractivity contribution in [2.45, 2.75) is 44.9 Å². The van der Waals surface area contributed by atoms with Crippen molar-refractivity contribution in [3.63, 3.8) is 0 Å². The Balaban J connectivity index is 1.59. The summed E-state index contributed by atoms with van der Waals surface area (Å²) in [6.45, 7) is 9.14. The van der Waals surface area contributed by atoms with Crippen molar-refractivity contribution < 1.29 is 4.79 Å². The average molecular weight is 360 g/mol. The van der Waals surface area contributed by atoms with Crippen LogP contribution < -0.4 is 5.32 Å². The van der Waals surface area contributed by atoms with Gasteiger partial charge in [-0.15, -0.1) is 0 Å². The second-order valence-corrected chi connectivity index (χ2v) is 8.26. The van der Waals surface area contributed by atoms with Crippen LogP contribution in [-0.2, 0) is 11.3 Å².